The van der Waals surface area contributed by atoms with Gasteiger partial charge in [-0.15, -0.1) is 21.5 Å². The number of hydrogen-bond donors (Lipinski definition) is 0. The fourth-order valence-corrected chi connectivity index (χ4v) is 5.33. The van der Waals surface area contributed by atoms with E-state index in [2.05, 4.69) is 87.2 Å². The molecule has 10 nitrogen and oxygen atoms in total. The molecular formula is C25H31N9OS. The highest BCUT2D eigenvalue weighted by molar-refractivity contribution is 7.09. The average molecular weight is 506 g/mol. The third-order valence-corrected chi connectivity index (χ3v) is 7.05. The molecule has 0 bridgehead atoms. The normalized spacial score (nSPS) is 13.2. The molecule has 11 heteroatoms. The van der Waals surface area contributed by atoms with Crippen LogP contribution in [-0.4, -0.2) is 51.8 Å². The Kier molecular flexibility index (Phi) is 6.67. The molecule has 5 rings (SSSR count). The van der Waals surface area contributed by atoms with E-state index in [0.717, 1.165) is 46.7 Å². The molecule has 0 saturated carbocycles. The van der Waals surface area contributed by atoms with Crippen molar-refractivity contribution in [2.24, 2.45) is 0 Å². The van der Waals surface area contributed by atoms with Crippen molar-refractivity contribution < 1.29 is 4.74 Å². The van der Waals surface area contributed by atoms with E-state index in [1.54, 1.807) is 11.3 Å². The van der Waals surface area contributed by atoms with Crippen molar-refractivity contribution >= 4 is 27.9 Å². The van der Waals surface area contributed by atoms with Crippen molar-refractivity contribution in [2.45, 2.75) is 65.7 Å². The highest BCUT2D eigenvalue weighted by Gasteiger charge is 2.30. The molecule has 0 radical (unpaired) electrons. The van der Waals surface area contributed by atoms with E-state index in [-0.39, 0.29) is 11.6 Å². The van der Waals surface area contributed by atoms with Crippen LogP contribution in [0.4, 0.5) is 0 Å². The summed E-state index contributed by atoms with van der Waals surface area (Å²) in [4.78, 5) is 3.69. The van der Waals surface area contributed by atoms with Crippen LogP contribution in [0.2, 0.25) is 0 Å². The van der Waals surface area contributed by atoms with Crippen LogP contribution in [0.25, 0.3) is 16.6 Å². The van der Waals surface area contributed by atoms with Crippen LogP contribution in [0.1, 0.15) is 63.3 Å². The number of nitrogens with zero attached hydrogens (tertiary/aromatic N) is 9. The van der Waals surface area contributed by atoms with E-state index >= 15 is 0 Å². The fraction of sp³-hybridized carbons (Fsp3) is 0.440. The first-order chi connectivity index (χ1) is 17.4. The fourth-order valence-electron chi connectivity index (χ4n) is 4.60. The maximum absolute atomic E-state index is 5.75. The summed E-state index contributed by atoms with van der Waals surface area (Å²) < 4.78 is 9.50. The quantitative estimate of drug-likeness (QED) is 0.286. The van der Waals surface area contributed by atoms with Crippen molar-refractivity contribution in [1.29, 1.82) is 0 Å². The highest BCUT2D eigenvalue weighted by atomic mass is 32.1. The van der Waals surface area contributed by atoms with E-state index in [1.165, 1.54) is 4.88 Å². The zero-order valence-corrected chi connectivity index (χ0v) is 22.1. The first kappa shape index (κ1) is 24.3. The van der Waals surface area contributed by atoms with Gasteiger partial charge in [-0.05, 0) is 90.7 Å². The Morgan fingerprint density at radius 3 is 2.58 bits per heavy atom. The third kappa shape index (κ3) is 4.68. The van der Waals surface area contributed by atoms with Gasteiger partial charge in [-0.2, -0.15) is 4.52 Å². The van der Waals surface area contributed by atoms with Gasteiger partial charge in [-0.1, -0.05) is 13.0 Å². The molecule has 0 saturated heterocycles. The van der Waals surface area contributed by atoms with Crippen LogP contribution in [-0.2, 0) is 18.6 Å². The lowest BCUT2D eigenvalue weighted by Crippen LogP contribution is -2.34. The lowest BCUT2D eigenvalue weighted by molar-refractivity contribution is 0.155. The second kappa shape index (κ2) is 9.90. The first-order valence-corrected chi connectivity index (χ1v) is 13.1. The summed E-state index contributed by atoms with van der Waals surface area (Å²) >= 11 is 1.75. The van der Waals surface area contributed by atoms with Crippen LogP contribution in [0.3, 0.4) is 0 Å². The second-order valence-electron chi connectivity index (χ2n) is 9.77. The van der Waals surface area contributed by atoms with E-state index in [0.29, 0.717) is 13.2 Å². The molecule has 0 amide bonds. The number of pyridine rings is 1. The molecule has 0 spiro atoms. The molecule has 4 aromatic heterocycles. The predicted octanol–water partition coefficient (Wildman–Crippen LogP) is 4.63. The van der Waals surface area contributed by atoms with Gasteiger partial charge in [0.1, 0.15) is 5.75 Å². The molecule has 188 valence electrons. The molecule has 0 aliphatic rings. The smallest absolute Gasteiger partial charge is 0.184 e. The second-order valence-corrected chi connectivity index (χ2v) is 10.8. The first-order valence-electron chi connectivity index (χ1n) is 12.2. The number of thiophene rings is 1. The van der Waals surface area contributed by atoms with Gasteiger partial charge >= 0.3 is 0 Å². The summed E-state index contributed by atoms with van der Waals surface area (Å²) in [6.45, 7) is 12.5. The molecule has 0 fully saturated rings. The lowest BCUT2D eigenvalue weighted by atomic mass is 10.1. The van der Waals surface area contributed by atoms with E-state index < -0.39 is 0 Å². The van der Waals surface area contributed by atoms with Gasteiger partial charge in [0.15, 0.2) is 11.5 Å². The number of aromatic nitrogens is 8. The van der Waals surface area contributed by atoms with Crippen LogP contribution in [0, 0.1) is 0 Å². The maximum Gasteiger partial charge on any atom is 0.184 e. The molecule has 4 heterocycles. The monoisotopic (exact) mass is 505 g/mol. The van der Waals surface area contributed by atoms with Gasteiger partial charge in [-0.3, -0.25) is 4.90 Å². The minimum Gasteiger partial charge on any atom is -0.494 e. The number of benzene rings is 1. The van der Waals surface area contributed by atoms with Gasteiger partial charge in [0.25, 0.3) is 0 Å². The Bertz CT molecular complexity index is 1450. The minimum absolute atomic E-state index is 0.00251. The van der Waals surface area contributed by atoms with E-state index in [1.807, 2.05) is 34.3 Å². The molecular weight excluding hydrogens is 474 g/mol. The van der Waals surface area contributed by atoms with Gasteiger partial charge < -0.3 is 4.74 Å². The number of rotatable bonds is 9. The zero-order valence-electron chi connectivity index (χ0n) is 21.3. The van der Waals surface area contributed by atoms with Crippen LogP contribution >= 0.6 is 11.3 Å². The number of fused-ring (bicyclic) bond motifs is 3. The van der Waals surface area contributed by atoms with E-state index in [9.17, 15) is 0 Å². The van der Waals surface area contributed by atoms with Crippen molar-refractivity contribution in [3.8, 4) is 5.75 Å². The van der Waals surface area contributed by atoms with Crippen molar-refractivity contribution in [2.75, 3.05) is 6.61 Å². The van der Waals surface area contributed by atoms with Crippen LogP contribution in [0.5, 0.6) is 5.75 Å². The van der Waals surface area contributed by atoms with Gasteiger partial charge in [0, 0.05) is 28.9 Å². The number of tetrazole rings is 2. The number of ether oxygens (including phenoxy) is 1. The van der Waals surface area contributed by atoms with Gasteiger partial charge in [-0.25, -0.2) is 4.68 Å². The SMILES string of the molecule is CCOc1ccc2c(c1)cc(CN(Cc1cccs1)[C@H](CC)c1nnnn1C(C)(C)C)c1nnnn12. The standard InChI is InChI=1S/C25H31N9OS/c1-6-21(24-27-29-31-34(24)25(3,4)5)32(16-20-9-8-12-36-20)15-18-13-17-14-19(35-7-2)10-11-22(17)33-23(18)26-28-30-33/h8-14,21H,6-7,15-16H2,1-5H3/t21-/m1/s1. The lowest BCUT2D eigenvalue weighted by Gasteiger charge is -2.32. The summed E-state index contributed by atoms with van der Waals surface area (Å²) in [5.41, 5.74) is 2.48. The summed E-state index contributed by atoms with van der Waals surface area (Å²) in [6.07, 6.45) is 0.852. The Balaban J connectivity index is 1.60. The third-order valence-electron chi connectivity index (χ3n) is 6.19. The molecule has 0 unspecified atom stereocenters. The largest absolute Gasteiger partial charge is 0.494 e. The van der Waals surface area contributed by atoms with Gasteiger partial charge in [0.2, 0.25) is 0 Å². The molecule has 0 aliphatic heterocycles. The Labute approximate surface area is 213 Å². The van der Waals surface area contributed by atoms with Crippen molar-refractivity contribution in [3.05, 3.63) is 58.0 Å². The van der Waals surface area contributed by atoms with Crippen LogP contribution < -0.4 is 4.74 Å². The van der Waals surface area contributed by atoms with E-state index in [4.69, 9.17) is 4.74 Å². The minimum atomic E-state index is -0.232. The summed E-state index contributed by atoms with van der Waals surface area (Å²) in [7, 11) is 0. The van der Waals surface area contributed by atoms with Crippen LogP contribution in [0.15, 0.2) is 41.8 Å². The molecule has 36 heavy (non-hydrogen) atoms. The predicted molar refractivity (Wildman–Crippen MR) is 139 cm³/mol. The summed E-state index contributed by atoms with van der Waals surface area (Å²) in [5.74, 6) is 1.69. The Morgan fingerprint density at radius 2 is 1.86 bits per heavy atom. The van der Waals surface area contributed by atoms with Gasteiger partial charge in [0.05, 0.1) is 23.7 Å². The Morgan fingerprint density at radius 1 is 1.03 bits per heavy atom. The topological polar surface area (TPSA) is 99.2 Å². The molecule has 0 N–H and O–H groups in total. The molecule has 0 aliphatic carbocycles. The molecule has 1 atom stereocenters. The summed E-state index contributed by atoms with van der Waals surface area (Å²) in [5, 5.41) is 28.7. The molecule has 5 aromatic rings. The maximum atomic E-state index is 5.75. The Hall–Kier alpha value is -3.44. The van der Waals surface area contributed by atoms with Crippen molar-refractivity contribution in [3.63, 3.8) is 0 Å². The number of hydrogen-bond acceptors (Lipinski definition) is 9. The average Bonchev–Trinajstić information content (AvgIpc) is 3.61. The molecule has 1 aromatic carbocycles. The zero-order chi connectivity index (χ0) is 25.3. The van der Waals surface area contributed by atoms with Crippen molar-refractivity contribution in [1.82, 2.24) is 45.1 Å². The highest BCUT2D eigenvalue weighted by Crippen LogP contribution is 2.32. The summed E-state index contributed by atoms with van der Waals surface area (Å²) in [6, 6.07) is 12.4.